The second-order valence-corrected chi connectivity index (χ2v) is 4.73. The van der Waals surface area contributed by atoms with Crippen molar-refractivity contribution in [3.8, 4) is 0 Å². The minimum Gasteiger partial charge on any atom is -0.355 e. The molecule has 0 saturated heterocycles. The SMILES string of the molecule is CNC(=O)c1cccc(NC(=O)C(C)(C)N)c1C. The Hall–Kier alpha value is -1.88. The quantitative estimate of drug-likeness (QED) is 0.748. The van der Waals surface area contributed by atoms with Gasteiger partial charge in [0.25, 0.3) is 5.91 Å². The van der Waals surface area contributed by atoms with Crippen LogP contribution >= 0.6 is 0 Å². The summed E-state index contributed by atoms with van der Waals surface area (Å²) >= 11 is 0. The lowest BCUT2D eigenvalue weighted by molar-refractivity contribution is -0.120. The molecule has 0 radical (unpaired) electrons. The molecule has 0 bridgehead atoms. The molecule has 1 rings (SSSR count). The summed E-state index contributed by atoms with van der Waals surface area (Å²) in [6, 6.07) is 5.17. The maximum absolute atomic E-state index is 11.8. The van der Waals surface area contributed by atoms with Gasteiger partial charge in [-0.05, 0) is 38.5 Å². The first-order valence-electron chi connectivity index (χ1n) is 5.69. The number of anilines is 1. The highest BCUT2D eigenvalue weighted by molar-refractivity contribution is 6.01. The van der Waals surface area contributed by atoms with Crippen LogP contribution in [0.1, 0.15) is 29.8 Å². The molecular weight excluding hydrogens is 230 g/mol. The van der Waals surface area contributed by atoms with E-state index in [2.05, 4.69) is 10.6 Å². The number of nitrogens with one attached hydrogen (secondary N) is 2. The Morgan fingerprint density at radius 1 is 1.28 bits per heavy atom. The van der Waals surface area contributed by atoms with Crippen LogP contribution in [0.4, 0.5) is 5.69 Å². The van der Waals surface area contributed by atoms with Crippen LogP contribution in [0, 0.1) is 6.92 Å². The third-order valence-corrected chi connectivity index (χ3v) is 2.64. The van der Waals surface area contributed by atoms with Crippen LogP contribution in [0.15, 0.2) is 18.2 Å². The first-order chi connectivity index (χ1) is 8.27. The maximum atomic E-state index is 11.8. The lowest BCUT2D eigenvalue weighted by Crippen LogP contribution is -2.45. The summed E-state index contributed by atoms with van der Waals surface area (Å²) in [5.41, 5.74) is 6.59. The normalized spacial score (nSPS) is 10.9. The van der Waals surface area contributed by atoms with Gasteiger partial charge in [0.1, 0.15) is 0 Å². The van der Waals surface area contributed by atoms with Gasteiger partial charge in [-0.15, -0.1) is 0 Å². The second-order valence-electron chi connectivity index (χ2n) is 4.73. The summed E-state index contributed by atoms with van der Waals surface area (Å²) in [7, 11) is 1.57. The fraction of sp³-hybridized carbons (Fsp3) is 0.385. The molecule has 5 nitrogen and oxygen atoms in total. The number of amides is 2. The fourth-order valence-corrected chi connectivity index (χ4v) is 1.44. The van der Waals surface area contributed by atoms with Crippen LogP contribution in [0.2, 0.25) is 0 Å². The lowest BCUT2D eigenvalue weighted by Gasteiger charge is -2.19. The number of carbonyl (C=O) groups excluding carboxylic acids is 2. The third-order valence-electron chi connectivity index (χ3n) is 2.64. The van der Waals surface area contributed by atoms with Crippen molar-refractivity contribution in [2.45, 2.75) is 26.3 Å². The molecule has 0 saturated carbocycles. The van der Waals surface area contributed by atoms with Gasteiger partial charge in [0.05, 0.1) is 5.54 Å². The minimum atomic E-state index is -0.963. The van der Waals surface area contributed by atoms with E-state index in [-0.39, 0.29) is 11.8 Å². The van der Waals surface area contributed by atoms with Crippen LogP contribution in [0.5, 0.6) is 0 Å². The largest absolute Gasteiger partial charge is 0.355 e. The second kappa shape index (κ2) is 5.18. The Kier molecular flexibility index (Phi) is 4.08. The predicted molar refractivity (Wildman–Crippen MR) is 71.5 cm³/mol. The van der Waals surface area contributed by atoms with Gasteiger partial charge in [0.15, 0.2) is 0 Å². The van der Waals surface area contributed by atoms with Gasteiger partial charge in [-0.3, -0.25) is 9.59 Å². The van der Waals surface area contributed by atoms with E-state index in [1.165, 1.54) is 0 Å². The van der Waals surface area contributed by atoms with Gasteiger partial charge < -0.3 is 16.4 Å². The van der Waals surface area contributed by atoms with Gasteiger partial charge in [0, 0.05) is 18.3 Å². The number of hydrogen-bond donors (Lipinski definition) is 3. The van der Waals surface area contributed by atoms with Crippen molar-refractivity contribution in [3.05, 3.63) is 29.3 Å². The molecule has 1 aromatic rings. The summed E-state index contributed by atoms with van der Waals surface area (Å²) in [5, 5.41) is 5.28. The third kappa shape index (κ3) is 3.07. The smallest absolute Gasteiger partial charge is 0.251 e. The average molecular weight is 249 g/mol. The van der Waals surface area contributed by atoms with Gasteiger partial charge in [-0.2, -0.15) is 0 Å². The standard InChI is InChI=1S/C13H19N3O2/c1-8-9(11(17)15-4)6-5-7-10(8)16-12(18)13(2,3)14/h5-7H,14H2,1-4H3,(H,15,17)(H,16,18). The fourth-order valence-electron chi connectivity index (χ4n) is 1.44. The Morgan fingerprint density at radius 3 is 2.39 bits per heavy atom. The van der Waals surface area contributed by atoms with Crippen LogP contribution in [0.3, 0.4) is 0 Å². The Morgan fingerprint density at radius 2 is 1.89 bits per heavy atom. The zero-order chi connectivity index (χ0) is 13.9. The first kappa shape index (κ1) is 14.2. The van der Waals surface area contributed by atoms with Crippen molar-refractivity contribution in [2.24, 2.45) is 5.73 Å². The number of benzene rings is 1. The molecule has 0 heterocycles. The molecule has 0 spiro atoms. The molecule has 5 heteroatoms. The molecule has 18 heavy (non-hydrogen) atoms. The van der Waals surface area contributed by atoms with Crippen LogP contribution in [0.25, 0.3) is 0 Å². The highest BCUT2D eigenvalue weighted by atomic mass is 16.2. The Balaban J connectivity index is 3.05. The van der Waals surface area contributed by atoms with E-state index in [1.54, 1.807) is 46.0 Å². The molecule has 2 amide bonds. The summed E-state index contributed by atoms with van der Waals surface area (Å²) in [4.78, 5) is 23.4. The molecular formula is C13H19N3O2. The monoisotopic (exact) mass is 249 g/mol. The lowest BCUT2D eigenvalue weighted by atomic mass is 10.0. The number of rotatable bonds is 3. The van der Waals surface area contributed by atoms with Crippen molar-refractivity contribution in [3.63, 3.8) is 0 Å². The van der Waals surface area contributed by atoms with Gasteiger partial charge >= 0.3 is 0 Å². The molecule has 0 aliphatic carbocycles. The minimum absolute atomic E-state index is 0.185. The van der Waals surface area contributed by atoms with Crippen molar-refractivity contribution < 1.29 is 9.59 Å². The van der Waals surface area contributed by atoms with Crippen molar-refractivity contribution in [1.29, 1.82) is 0 Å². The number of carbonyl (C=O) groups is 2. The van der Waals surface area contributed by atoms with Gasteiger partial charge in [0.2, 0.25) is 5.91 Å². The molecule has 98 valence electrons. The molecule has 4 N–H and O–H groups in total. The predicted octanol–water partition coefficient (Wildman–Crippen LogP) is 1.03. The average Bonchev–Trinajstić information content (AvgIpc) is 2.29. The van der Waals surface area contributed by atoms with Crippen LogP contribution < -0.4 is 16.4 Å². The molecule has 0 aliphatic rings. The van der Waals surface area contributed by atoms with Crippen molar-refractivity contribution in [1.82, 2.24) is 5.32 Å². The van der Waals surface area contributed by atoms with Gasteiger partial charge in [-0.25, -0.2) is 0 Å². The van der Waals surface area contributed by atoms with Crippen molar-refractivity contribution >= 4 is 17.5 Å². The van der Waals surface area contributed by atoms with E-state index >= 15 is 0 Å². The molecule has 0 aliphatic heterocycles. The first-order valence-corrected chi connectivity index (χ1v) is 5.69. The Labute approximate surface area is 107 Å². The molecule has 0 unspecified atom stereocenters. The zero-order valence-corrected chi connectivity index (χ0v) is 11.1. The highest BCUT2D eigenvalue weighted by Crippen LogP contribution is 2.19. The zero-order valence-electron chi connectivity index (χ0n) is 11.1. The maximum Gasteiger partial charge on any atom is 0.251 e. The van der Waals surface area contributed by atoms with Gasteiger partial charge in [-0.1, -0.05) is 6.07 Å². The van der Waals surface area contributed by atoms with E-state index in [0.29, 0.717) is 11.3 Å². The molecule has 0 aromatic heterocycles. The summed E-state index contributed by atoms with van der Waals surface area (Å²) in [6.45, 7) is 5.03. The van der Waals surface area contributed by atoms with Crippen molar-refractivity contribution in [2.75, 3.05) is 12.4 Å². The van der Waals surface area contributed by atoms with E-state index in [9.17, 15) is 9.59 Å². The highest BCUT2D eigenvalue weighted by Gasteiger charge is 2.22. The van der Waals surface area contributed by atoms with Crippen LogP contribution in [-0.2, 0) is 4.79 Å². The molecule has 1 aromatic carbocycles. The van der Waals surface area contributed by atoms with E-state index in [1.807, 2.05) is 0 Å². The van der Waals surface area contributed by atoms with Crippen LogP contribution in [-0.4, -0.2) is 24.4 Å². The number of nitrogens with two attached hydrogens (primary N) is 1. The Bertz CT molecular complexity index is 476. The summed E-state index contributed by atoms with van der Waals surface area (Å²) < 4.78 is 0. The topological polar surface area (TPSA) is 84.2 Å². The summed E-state index contributed by atoms with van der Waals surface area (Å²) in [6.07, 6.45) is 0. The summed E-state index contributed by atoms with van der Waals surface area (Å²) in [5.74, 6) is -0.477. The van der Waals surface area contributed by atoms with E-state index < -0.39 is 5.54 Å². The van der Waals surface area contributed by atoms with E-state index in [0.717, 1.165) is 5.56 Å². The molecule has 0 fully saturated rings. The molecule has 0 atom stereocenters. The van der Waals surface area contributed by atoms with E-state index in [4.69, 9.17) is 5.73 Å². The number of hydrogen-bond acceptors (Lipinski definition) is 3.